The fourth-order valence-corrected chi connectivity index (χ4v) is 2.47. The number of alkyl halides is 3. The van der Waals surface area contributed by atoms with Crippen LogP contribution in [0.5, 0.6) is 0 Å². The topological polar surface area (TPSA) is 107 Å². The fourth-order valence-electron chi connectivity index (χ4n) is 2.47. The van der Waals surface area contributed by atoms with E-state index in [-0.39, 0.29) is 29.7 Å². The van der Waals surface area contributed by atoms with Crippen LogP contribution in [-0.4, -0.2) is 19.7 Å². The molecule has 2 heterocycles. The van der Waals surface area contributed by atoms with Crippen LogP contribution in [-0.2, 0) is 19.1 Å². The van der Waals surface area contributed by atoms with Crippen LogP contribution in [0.1, 0.15) is 16.8 Å². The summed E-state index contributed by atoms with van der Waals surface area (Å²) in [5, 5.41) is 13.0. The zero-order valence-corrected chi connectivity index (χ0v) is 12.5. The Bertz CT molecular complexity index is 1080. The van der Waals surface area contributed by atoms with Gasteiger partial charge in [-0.1, -0.05) is 12.1 Å². The quantitative estimate of drug-likeness (QED) is 0.748. The van der Waals surface area contributed by atoms with Crippen molar-refractivity contribution in [1.29, 1.82) is 5.26 Å². The molecule has 0 aliphatic rings. The van der Waals surface area contributed by atoms with Gasteiger partial charge in [0.05, 0.1) is 30.3 Å². The first-order valence-electron chi connectivity index (χ1n) is 7.04. The molecule has 25 heavy (non-hydrogen) atoms. The number of H-pyrrole nitrogens is 2. The van der Waals surface area contributed by atoms with Gasteiger partial charge in [0, 0.05) is 0 Å². The number of hydrogen-bond acceptors (Lipinski definition) is 4. The molecule has 0 unspecified atom stereocenters. The first-order valence-corrected chi connectivity index (χ1v) is 7.04. The molecule has 0 aliphatic heterocycles. The summed E-state index contributed by atoms with van der Waals surface area (Å²) in [6.45, 7) is 0.0272. The molecule has 0 saturated heterocycles. The second-order valence-electron chi connectivity index (χ2n) is 5.27. The van der Waals surface area contributed by atoms with Crippen molar-refractivity contribution in [1.82, 2.24) is 19.7 Å². The van der Waals surface area contributed by atoms with E-state index >= 15 is 0 Å². The van der Waals surface area contributed by atoms with Gasteiger partial charge in [-0.2, -0.15) is 23.5 Å². The Morgan fingerprint density at radius 1 is 1.16 bits per heavy atom. The molecule has 0 spiro atoms. The molecule has 10 heteroatoms. The molecule has 128 valence electrons. The third-order valence-corrected chi connectivity index (χ3v) is 3.57. The second kappa shape index (κ2) is 5.94. The molecule has 0 fully saturated rings. The van der Waals surface area contributed by atoms with Gasteiger partial charge in [0.15, 0.2) is 0 Å². The lowest BCUT2D eigenvalue weighted by molar-refractivity contribution is -0.137. The van der Waals surface area contributed by atoms with Crippen molar-refractivity contribution in [3.8, 4) is 6.07 Å². The monoisotopic (exact) mass is 349 g/mol. The lowest BCUT2D eigenvalue weighted by Gasteiger charge is -2.08. The van der Waals surface area contributed by atoms with Crippen molar-refractivity contribution in [2.24, 2.45) is 0 Å². The largest absolute Gasteiger partial charge is 0.416 e. The van der Waals surface area contributed by atoms with Crippen molar-refractivity contribution in [2.45, 2.75) is 19.1 Å². The molecule has 0 saturated carbocycles. The Kier molecular flexibility index (Phi) is 3.92. The Morgan fingerprint density at radius 3 is 2.44 bits per heavy atom. The van der Waals surface area contributed by atoms with Crippen molar-refractivity contribution in [2.75, 3.05) is 0 Å². The lowest BCUT2D eigenvalue weighted by Crippen LogP contribution is -2.22. The van der Waals surface area contributed by atoms with E-state index < -0.39 is 23.0 Å². The third kappa shape index (κ3) is 3.16. The molecular formula is C15H10F3N5O2. The summed E-state index contributed by atoms with van der Waals surface area (Å²) in [5.74, 6) is 0. The van der Waals surface area contributed by atoms with Gasteiger partial charge in [-0.15, -0.1) is 0 Å². The van der Waals surface area contributed by atoms with Gasteiger partial charge in [0.2, 0.25) is 0 Å². The van der Waals surface area contributed by atoms with E-state index in [0.717, 1.165) is 12.1 Å². The molecule has 3 aromatic rings. The first kappa shape index (κ1) is 16.5. The summed E-state index contributed by atoms with van der Waals surface area (Å²) < 4.78 is 39.1. The molecule has 0 atom stereocenters. The number of nitrogens with zero attached hydrogens (tertiary/aromatic N) is 3. The minimum absolute atomic E-state index is 0.0272. The molecule has 1 aromatic carbocycles. The molecule has 0 amide bonds. The van der Waals surface area contributed by atoms with Crippen LogP contribution in [0.3, 0.4) is 0 Å². The van der Waals surface area contributed by atoms with Gasteiger partial charge >= 0.3 is 11.9 Å². The van der Waals surface area contributed by atoms with Crippen LogP contribution < -0.4 is 11.2 Å². The van der Waals surface area contributed by atoms with Gasteiger partial charge in [0.1, 0.15) is 11.0 Å². The van der Waals surface area contributed by atoms with Gasteiger partial charge in [-0.05, 0) is 17.7 Å². The summed E-state index contributed by atoms with van der Waals surface area (Å²) in [6.07, 6.45) is -4.58. The Morgan fingerprint density at radius 2 is 1.84 bits per heavy atom. The molecule has 3 rings (SSSR count). The summed E-state index contributed by atoms with van der Waals surface area (Å²) in [7, 11) is 0. The van der Waals surface area contributed by atoms with Gasteiger partial charge in [-0.25, -0.2) is 9.48 Å². The molecule has 0 radical (unpaired) electrons. The van der Waals surface area contributed by atoms with Crippen LogP contribution in [0.15, 0.2) is 33.9 Å². The van der Waals surface area contributed by atoms with E-state index in [4.69, 9.17) is 5.26 Å². The van der Waals surface area contributed by atoms with Crippen LogP contribution in [0.2, 0.25) is 0 Å². The number of benzene rings is 1. The van der Waals surface area contributed by atoms with E-state index in [1.807, 2.05) is 6.07 Å². The third-order valence-electron chi connectivity index (χ3n) is 3.57. The number of rotatable bonds is 3. The Balaban J connectivity index is 2.06. The fraction of sp³-hybridized carbons (Fsp3) is 0.200. The highest BCUT2D eigenvalue weighted by molar-refractivity contribution is 5.77. The summed E-state index contributed by atoms with van der Waals surface area (Å²) in [5.41, 5.74) is -1.42. The average Bonchev–Trinajstić information content (AvgIpc) is 2.85. The maximum absolute atomic E-state index is 12.6. The predicted octanol–water partition coefficient (Wildman–Crippen LogP) is 1.55. The zero-order valence-electron chi connectivity index (χ0n) is 12.5. The van der Waals surface area contributed by atoms with E-state index in [1.165, 1.54) is 16.8 Å². The minimum atomic E-state index is -4.44. The SMILES string of the molecule is N#CCc1nn(Cc2ccc(C(F)(F)F)cc2)c2[nH]c(=O)[nH]c(=O)c12. The number of nitrogens with one attached hydrogen (secondary N) is 2. The van der Waals surface area contributed by atoms with Crippen molar-refractivity contribution < 1.29 is 13.2 Å². The summed E-state index contributed by atoms with van der Waals surface area (Å²) in [6, 6.07) is 6.31. The van der Waals surface area contributed by atoms with E-state index in [1.54, 1.807) is 0 Å². The average molecular weight is 349 g/mol. The maximum atomic E-state index is 12.6. The summed E-state index contributed by atoms with van der Waals surface area (Å²) in [4.78, 5) is 27.9. The van der Waals surface area contributed by atoms with Crippen LogP contribution >= 0.6 is 0 Å². The van der Waals surface area contributed by atoms with Crippen molar-refractivity contribution in [3.63, 3.8) is 0 Å². The Hall–Kier alpha value is -3.35. The maximum Gasteiger partial charge on any atom is 0.416 e. The molecule has 7 nitrogen and oxygen atoms in total. The number of nitriles is 1. The van der Waals surface area contributed by atoms with Crippen LogP contribution in [0.25, 0.3) is 11.0 Å². The second-order valence-corrected chi connectivity index (χ2v) is 5.27. The highest BCUT2D eigenvalue weighted by Gasteiger charge is 2.30. The number of hydrogen-bond donors (Lipinski definition) is 2. The minimum Gasteiger partial charge on any atom is -0.292 e. The zero-order chi connectivity index (χ0) is 18.2. The normalized spacial score (nSPS) is 11.6. The van der Waals surface area contributed by atoms with E-state index in [9.17, 15) is 22.8 Å². The van der Waals surface area contributed by atoms with Gasteiger partial charge < -0.3 is 0 Å². The van der Waals surface area contributed by atoms with Crippen LogP contribution in [0.4, 0.5) is 13.2 Å². The van der Waals surface area contributed by atoms with Crippen molar-refractivity contribution >= 4 is 11.0 Å². The highest BCUT2D eigenvalue weighted by atomic mass is 19.4. The molecule has 2 N–H and O–H groups in total. The van der Waals surface area contributed by atoms with Crippen LogP contribution in [0, 0.1) is 11.3 Å². The smallest absolute Gasteiger partial charge is 0.292 e. The predicted molar refractivity (Wildman–Crippen MR) is 80.8 cm³/mol. The molecular weight excluding hydrogens is 339 g/mol. The van der Waals surface area contributed by atoms with E-state index in [2.05, 4.69) is 15.1 Å². The molecule has 0 bridgehead atoms. The number of fused-ring (bicyclic) bond motifs is 1. The number of halogens is 3. The standard InChI is InChI=1S/C15H10F3N5O2/c16-15(17,18)9-3-1-8(2-4-9)7-23-12-11(10(22-23)5-6-19)13(24)21-14(25)20-12/h1-4H,5,7H2,(H2,20,21,24,25). The number of aromatic amines is 2. The Labute approximate surface area is 137 Å². The first-order chi connectivity index (χ1) is 11.8. The highest BCUT2D eigenvalue weighted by Crippen LogP contribution is 2.29. The lowest BCUT2D eigenvalue weighted by atomic mass is 10.1. The number of aromatic nitrogens is 4. The van der Waals surface area contributed by atoms with Gasteiger partial charge in [-0.3, -0.25) is 14.8 Å². The summed E-state index contributed by atoms with van der Waals surface area (Å²) >= 11 is 0. The van der Waals surface area contributed by atoms with Crippen molar-refractivity contribution in [3.05, 3.63) is 61.9 Å². The van der Waals surface area contributed by atoms with E-state index in [0.29, 0.717) is 5.56 Å². The molecule has 2 aromatic heterocycles. The van der Waals surface area contributed by atoms with Gasteiger partial charge in [0.25, 0.3) is 5.56 Å². The molecule has 0 aliphatic carbocycles.